The normalized spacial score (nSPS) is 17.2. The number of benzene rings is 2. The summed E-state index contributed by atoms with van der Waals surface area (Å²) in [5.41, 5.74) is 2.41. The van der Waals surface area contributed by atoms with E-state index in [1.54, 1.807) is 11.1 Å². The number of hydrogen-bond acceptors (Lipinski definition) is 3. The van der Waals surface area contributed by atoms with Gasteiger partial charge in [0.1, 0.15) is 0 Å². The standard InChI is InChI=1S/C18H15BrN4O2/c19-13-2-1-3-15(8-13)23-10-12(7-17(23)24)18(25)21-14-4-5-16-11(6-14)9-20-22-16/h1-6,8-9,12H,7,10H2,(H,20,22)(H,21,25). The Morgan fingerprint density at radius 3 is 3.00 bits per heavy atom. The van der Waals surface area contributed by atoms with Crippen LogP contribution in [0.1, 0.15) is 6.42 Å². The lowest BCUT2D eigenvalue weighted by Crippen LogP contribution is -2.28. The van der Waals surface area contributed by atoms with Crippen molar-refractivity contribution < 1.29 is 9.59 Å². The van der Waals surface area contributed by atoms with Crippen molar-refractivity contribution in [2.75, 3.05) is 16.8 Å². The molecule has 126 valence electrons. The summed E-state index contributed by atoms with van der Waals surface area (Å²) in [6, 6.07) is 13.1. The highest BCUT2D eigenvalue weighted by Gasteiger charge is 2.35. The summed E-state index contributed by atoms with van der Waals surface area (Å²) in [5.74, 6) is -0.552. The molecule has 1 aliphatic rings. The van der Waals surface area contributed by atoms with E-state index in [1.165, 1.54) is 0 Å². The Morgan fingerprint density at radius 2 is 2.16 bits per heavy atom. The highest BCUT2D eigenvalue weighted by molar-refractivity contribution is 9.10. The molecule has 2 N–H and O–H groups in total. The van der Waals surface area contributed by atoms with E-state index in [1.807, 2.05) is 42.5 Å². The van der Waals surface area contributed by atoms with Gasteiger partial charge in [0, 0.05) is 34.2 Å². The lowest BCUT2D eigenvalue weighted by Gasteiger charge is -2.17. The summed E-state index contributed by atoms with van der Waals surface area (Å²) in [6.45, 7) is 0.384. The summed E-state index contributed by atoms with van der Waals surface area (Å²) >= 11 is 3.41. The first-order valence-electron chi connectivity index (χ1n) is 7.90. The van der Waals surface area contributed by atoms with E-state index >= 15 is 0 Å². The van der Waals surface area contributed by atoms with Crippen molar-refractivity contribution in [3.63, 3.8) is 0 Å². The second kappa shape index (κ2) is 6.33. The quantitative estimate of drug-likeness (QED) is 0.710. The largest absolute Gasteiger partial charge is 0.326 e. The van der Waals surface area contributed by atoms with Crippen molar-refractivity contribution in [2.45, 2.75) is 6.42 Å². The molecule has 0 saturated carbocycles. The fourth-order valence-corrected chi connectivity index (χ4v) is 3.43. The molecule has 2 amide bonds. The van der Waals surface area contributed by atoms with E-state index < -0.39 is 0 Å². The van der Waals surface area contributed by atoms with E-state index in [4.69, 9.17) is 0 Å². The molecule has 1 fully saturated rings. The number of aromatic nitrogens is 2. The van der Waals surface area contributed by atoms with Gasteiger partial charge in [-0.2, -0.15) is 5.10 Å². The van der Waals surface area contributed by atoms with E-state index in [9.17, 15) is 9.59 Å². The maximum absolute atomic E-state index is 12.6. The molecule has 7 heteroatoms. The number of carbonyl (C=O) groups excluding carboxylic acids is 2. The van der Waals surface area contributed by atoms with Gasteiger partial charge in [-0.15, -0.1) is 0 Å². The zero-order valence-electron chi connectivity index (χ0n) is 13.2. The number of carbonyl (C=O) groups is 2. The molecule has 4 rings (SSSR count). The first-order chi connectivity index (χ1) is 12.1. The van der Waals surface area contributed by atoms with Gasteiger partial charge in [-0.25, -0.2) is 0 Å². The third-order valence-electron chi connectivity index (χ3n) is 4.32. The van der Waals surface area contributed by atoms with Crippen LogP contribution in [-0.2, 0) is 9.59 Å². The summed E-state index contributed by atoms with van der Waals surface area (Å²) in [6.07, 6.45) is 1.92. The van der Waals surface area contributed by atoms with Gasteiger partial charge in [-0.3, -0.25) is 14.7 Å². The maximum atomic E-state index is 12.6. The number of rotatable bonds is 3. The Hall–Kier alpha value is -2.67. The monoisotopic (exact) mass is 398 g/mol. The van der Waals surface area contributed by atoms with Gasteiger partial charge in [0.15, 0.2) is 0 Å². The van der Waals surface area contributed by atoms with Crippen LogP contribution in [0.2, 0.25) is 0 Å². The minimum Gasteiger partial charge on any atom is -0.326 e. The number of fused-ring (bicyclic) bond motifs is 1. The number of hydrogen-bond donors (Lipinski definition) is 2. The molecule has 1 saturated heterocycles. The molecular formula is C18H15BrN4O2. The van der Waals surface area contributed by atoms with Crippen LogP contribution in [0.5, 0.6) is 0 Å². The Bertz CT molecular complexity index is 968. The fourth-order valence-electron chi connectivity index (χ4n) is 3.04. The van der Waals surface area contributed by atoms with Crippen molar-refractivity contribution in [3.8, 4) is 0 Å². The molecular weight excluding hydrogens is 384 g/mol. The first-order valence-corrected chi connectivity index (χ1v) is 8.69. The summed E-state index contributed by atoms with van der Waals surface area (Å²) in [5, 5.41) is 10.7. The molecule has 0 spiro atoms. The lowest BCUT2D eigenvalue weighted by atomic mass is 10.1. The summed E-state index contributed by atoms with van der Waals surface area (Å²) in [4.78, 5) is 26.5. The van der Waals surface area contributed by atoms with Gasteiger partial charge in [0.25, 0.3) is 0 Å². The van der Waals surface area contributed by atoms with E-state index in [2.05, 4.69) is 31.4 Å². The number of H-pyrrole nitrogens is 1. The topological polar surface area (TPSA) is 78.1 Å². The molecule has 1 aromatic heterocycles. The zero-order chi connectivity index (χ0) is 17.4. The molecule has 2 aromatic carbocycles. The maximum Gasteiger partial charge on any atom is 0.229 e. The molecule has 25 heavy (non-hydrogen) atoms. The molecule has 0 radical (unpaired) electrons. The predicted molar refractivity (Wildman–Crippen MR) is 99.3 cm³/mol. The summed E-state index contributed by atoms with van der Waals surface area (Å²) < 4.78 is 0.902. The smallest absolute Gasteiger partial charge is 0.229 e. The van der Waals surface area contributed by atoms with Crippen LogP contribution in [-0.4, -0.2) is 28.6 Å². The Balaban J connectivity index is 1.48. The van der Waals surface area contributed by atoms with Crippen molar-refractivity contribution in [1.29, 1.82) is 0 Å². The van der Waals surface area contributed by atoms with Crippen molar-refractivity contribution in [1.82, 2.24) is 10.2 Å². The third kappa shape index (κ3) is 3.15. The van der Waals surface area contributed by atoms with Crippen molar-refractivity contribution >= 4 is 50.0 Å². The SMILES string of the molecule is O=C(Nc1ccc2[nH]ncc2c1)C1CC(=O)N(c2cccc(Br)c2)C1. The Morgan fingerprint density at radius 1 is 1.28 bits per heavy atom. The second-order valence-electron chi connectivity index (χ2n) is 6.05. The van der Waals surface area contributed by atoms with E-state index in [0.29, 0.717) is 12.2 Å². The van der Waals surface area contributed by atoms with Gasteiger partial charge < -0.3 is 10.2 Å². The van der Waals surface area contributed by atoms with Crippen LogP contribution in [0.4, 0.5) is 11.4 Å². The van der Waals surface area contributed by atoms with E-state index in [-0.39, 0.29) is 24.2 Å². The Labute approximate surface area is 152 Å². The average molecular weight is 399 g/mol. The van der Waals surface area contributed by atoms with E-state index in [0.717, 1.165) is 21.1 Å². The van der Waals surface area contributed by atoms with Gasteiger partial charge in [0.05, 0.1) is 17.6 Å². The molecule has 1 atom stereocenters. The van der Waals surface area contributed by atoms with Crippen LogP contribution in [0.15, 0.2) is 53.1 Å². The molecule has 0 bridgehead atoms. The number of aromatic amines is 1. The molecule has 0 aliphatic carbocycles. The first kappa shape index (κ1) is 15.8. The molecule has 1 aliphatic heterocycles. The predicted octanol–water partition coefficient (Wildman–Crippen LogP) is 3.32. The number of nitrogens with one attached hydrogen (secondary N) is 2. The van der Waals surface area contributed by atoms with Gasteiger partial charge in [-0.05, 0) is 36.4 Å². The number of anilines is 2. The van der Waals surface area contributed by atoms with Crippen LogP contribution in [0, 0.1) is 5.92 Å². The van der Waals surface area contributed by atoms with Crippen molar-refractivity contribution in [2.24, 2.45) is 5.92 Å². The molecule has 2 heterocycles. The second-order valence-corrected chi connectivity index (χ2v) is 6.96. The molecule has 1 unspecified atom stereocenters. The zero-order valence-corrected chi connectivity index (χ0v) is 14.8. The van der Waals surface area contributed by atoms with Gasteiger partial charge in [-0.1, -0.05) is 22.0 Å². The summed E-state index contributed by atoms with van der Waals surface area (Å²) in [7, 11) is 0. The fraction of sp³-hybridized carbons (Fsp3) is 0.167. The van der Waals surface area contributed by atoms with Gasteiger partial charge >= 0.3 is 0 Å². The number of nitrogens with zero attached hydrogens (tertiary/aromatic N) is 2. The molecule has 3 aromatic rings. The van der Waals surface area contributed by atoms with Gasteiger partial charge in [0.2, 0.25) is 11.8 Å². The lowest BCUT2D eigenvalue weighted by molar-refractivity contribution is -0.122. The molecule has 6 nitrogen and oxygen atoms in total. The third-order valence-corrected chi connectivity index (χ3v) is 4.82. The minimum atomic E-state index is -0.369. The highest BCUT2D eigenvalue weighted by atomic mass is 79.9. The van der Waals surface area contributed by atoms with Crippen LogP contribution < -0.4 is 10.2 Å². The average Bonchev–Trinajstić information content (AvgIpc) is 3.20. The van der Waals surface area contributed by atoms with Crippen LogP contribution in [0.25, 0.3) is 10.9 Å². The number of amides is 2. The van der Waals surface area contributed by atoms with Crippen molar-refractivity contribution in [3.05, 3.63) is 53.1 Å². The van der Waals surface area contributed by atoms with Crippen LogP contribution in [0.3, 0.4) is 0 Å². The van der Waals surface area contributed by atoms with Crippen LogP contribution >= 0.6 is 15.9 Å². The highest BCUT2D eigenvalue weighted by Crippen LogP contribution is 2.28. The minimum absolute atomic E-state index is 0.0384. The number of halogens is 1. The Kier molecular flexibility index (Phi) is 4.01.